The zero-order valence-corrected chi connectivity index (χ0v) is 11.7. The molecule has 0 heterocycles. The van der Waals surface area contributed by atoms with Crippen LogP contribution in [0.25, 0.3) is 0 Å². The summed E-state index contributed by atoms with van der Waals surface area (Å²) in [7, 11) is 0. The molecule has 0 aromatic heterocycles. The molecule has 0 spiro atoms. The minimum atomic E-state index is -0.611. The fraction of sp³-hybridized carbons (Fsp3) is 0.143. The quantitative estimate of drug-likeness (QED) is 0.866. The number of aliphatic hydroxyl groups excluding tert-OH is 1. The van der Waals surface area contributed by atoms with Crippen molar-refractivity contribution in [2.24, 2.45) is 0 Å². The molecule has 1 nitrogen and oxygen atoms in total. The summed E-state index contributed by atoms with van der Waals surface area (Å²) in [4.78, 5) is 0. The van der Waals surface area contributed by atoms with Gasteiger partial charge in [-0.05, 0) is 47.9 Å². The second-order valence-electron chi connectivity index (χ2n) is 3.95. The summed E-state index contributed by atoms with van der Waals surface area (Å²) in [5, 5.41) is 11.0. The van der Waals surface area contributed by atoms with Crippen LogP contribution >= 0.6 is 27.5 Å². The second-order valence-corrected chi connectivity index (χ2v) is 5.31. The van der Waals surface area contributed by atoms with Crippen LogP contribution < -0.4 is 0 Å². The highest BCUT2D eigenvalue weighted by Crippen LogP contribution is 2.27. The van der Waals surface area contributed by atoms with E-state index in [9.17, 15) is 5.11 Å². The molecule has 0 bridgehead atoms. The largest absolute Gasteiger partial charge is 0.384 e. The van der Waals surface area contributed by atoms with Crippen molar-refractivity contribution in [3.05, 3.63) is 68.7 Å². The van der Waals surface area contributed by atoms with Crippen molar-refractivity contribution < 1.29 is 5.11 Å². The molecule has 0 aliphatic heterocycles. The lowest BCUT2D eigenvalue weighted by molar-refractivity contribution is 0.219. The summed E-state index contributed by atoms with van der Waals surface area (Å²) in [5.74, 6) is 0. The maximum Gasteiger partial charge on any atom is 0.104 e. The smallest absolute Gasteiger partial charge is 0.104 e. The molecule has 3 heteroatoms. The summed E-state index contributed by atoms with van der Waals surface area (Å²) in [6, 6.07) is 13.1. The summed E-state index contributed by atoms with van der Waals surface area (Å²) in [6.07, 6.45) is -0.611. The van der Waals surface area contributed by atoms with Crippen molar-refractivity contribution >= 4 is 27.5 Å². The van der Waals surface area contributed by atoms with E-state index < -0.39 is 6.10 Å². The third kappa shape index (κ3) is 2.89. The average molecular weight is 312 g/mol. The Hall–Kier alpha value is -0.830. The van der Waals surface area contributed by atoms with Gasteiger partial charge in [-0.3, -0.25) is 0 Å². The second kappa shape index (κ2) is 5.21. The van der Waals surface area contributed by atoms with Gasteiger partial charge in [0, 0.05) is 9.50 Å². The van der Waals surface area contributed by atoms with Gasteiger partial charge in [0.25, 0.3) is 0 Å². The molecule has 2 aromatic carbocycles. The minimum Gasteiger partial charge on any atom is -0.384 e. The van der Waals surface area contributed by atoms with E-state index in [-0.39, 0.29) is 0 Å². The van der Waals surface area contributed by atoms with E-state index in [1.165, 1.54) is 0 Å². The standard InChI is InChI=1S/C14H12BrClO/c1-9-8-11(15)4-7-13(9)14(17)10-2-5-12(16)6-3-10/h2-8,14,17H,1H3. The first-order chi connectivity index (χ1) is 8.08. The first kappa shape index (κ1) is 12.6. The molecule has 0 saturated heterocycles. The fourth-order valence-electron chi connectivity index (χ4n) is 1.77. The highest BCUT2D eigenvalue weighted by Gasteiger charge is 2.12. The molecule has 0 aliphatic carbocycles. The van der Waals surface area contributed by atoms with E-state index >= 15 is 0 Å². The van der Waals surface area contributed by atoms with E-state index in [0.29, 0.717) is 5.02 Å². The molecule has 88 valence electrons. The lowest BCUT2D eigenvalue weighted by Crippen LogP contribution is -2.01. The van der Waals surface area contributed by atoms with Gasteiger partial charge in [-0.25, -0.2) is 0 Å². The first-order valence-corrected chi connectivity index (χ1v) is 6.44. The number of hydrogen-bond acceptors (Lipinski definition) is 1. The van der Waals surface area contributed by atoms with Crippen LogP contribution in [0.15, 0.2) is 46.9 Å². The molecule has 1 unspecified atom stereocenters. The molecule has 2 rings (SSSR count). The van der Waals surface area contributed by atoms with Crippen molar-refractivity contribution in [1.82, 2.24) is 0 Å². The molecule has 0 radical (unpaired) electrons. The van der Waals surface area contributed by atoms with Crippen LogP contribution in [0.3, 0.4) is 0 Å². The van der Waals surface area contributed by atoms with Gasteiger partial charge in [0.15, 0.2) is 0 Å². The molecule has 0 aliphatic rings. The summed E-state index contributed by atoms with van der Waals surface area (Å²) >= 11 is 9.24. The number of halogens is 2. The van der Waals surface area contributed by atoms with Crippen LogP contribution in [0, 0.1) is 6.92 Å². The fourth-order valence-corrected chi connectivity index (χ4v) is 2.37. The first-order valence-electron chi connectivity index (χ1n) is 5.27. The average Bonchev–Trinajstić information content (AvgIpc) is 2.29. The van der Waals surface area contributed by atoms with Crippen LogP contribution in [0.1, 0.15) is 22.8 Å². The SMILES string of the molecule is Cc1cc(Br)ccc1C(O)c1ccc(Cl)cc1. The molecule has 1 N–H and O–H groups in total. The number of rotatable bonds is 2. The van der Waals surface area contributed by atoms with E-state index in [4.69, 9.17) is 11.6 Å². The Bertz CT molecular complexity index is 522. The van der Waals surface area contributed by atoms with E-state index in [1.807, 2.05) is 37.3 Å². The van der Waals surface area contributed by atoms with Gasteiger partial charge in [-0.15, -0.1) is 0 Å². The van der Waals surface area contributed by atoms with Crippen molar-refractivity contribution in [1.29, 1.82) is 0 Å². The van der Waals surface area contributed by atoms with Crippen LogP contribution in [-0.2, 0) is 0 Å². The van der Waals surface area contributed by atoms with Gasteiger partial charge in [-0.2, -0.15) is 0 Å². The van der Waals surface area contributed by atoms with E-state index in [2.05, 4.69) is 15.9 Å². The van der Waals surface area contributed by atoms with Crippen LogP contribution in [0.4, 0.5) is 0 Å². The Morgan fingerprint density at radius 3 is 2.35 bits per heavy atom. The van der Waals surface area contributed by atoms with Crippen LogP contribution in [0.2, 0.25) is 5.02 Å². The maximum absolute atomic E-state index is 10.3. The lowest BCUT2D eigenvalue weighted by atomic mass is 9.98. The Labute approximate surface area is 114 Å². The number of aliphatic hydroxyl groups is 1. The summed E-state index contributed by atoms with van der Waals surface area (Å²) in [5.41, 5.74) is 2.82. The molecule has 0 saturated carbocycles. The summed E-state index contributed by atoms with van der Waals surface area (Å²) < 4.78 is 1.02. The van der Waals surface area contributed by atoms with Crippen molar-refractivity contribution in [2.75, 3.05) is 0 Å². The maximum atomic E-state index is 10.3. The molecule has 0 fully saturated rings. The minimum absolute atomic E-state index is 0.611. The normalized spacial score (nSPS) is 12.5. The van der Waals surface area contributed by atoms with E-state index in [1.54, 1.807) is 12.1 Å². The number of hydrogen-bond donors (Lipinski definition) is 1. The van der Waals surface area contributed by atoms with Gasteiger partial charge in [0.1, 0.15) is 6.10 Å². The van der Waals surface area contributed by atoms with Crippen molar-refractivity contribution in [2.45, 2.75) is 13.0 Å². The van der Waals surface area contributed by atoms with Gasteiger partial charge < -0.3 is 5.11 Å². The van der Waals surface area contributed by atoms with Gasteiger partial charge >= 0.3 is 0 Å². The Kier molecular flexibility index (Phi) is 3.87. The predicted octanol–water partition coefficient (Wildman–Crippen LogP) is 4.49. The summed E-state index contributed by atoms with van der Waals surface area (Å²) in [6.45, 7) is 1.99. The molecular formula is C14H12BrClO. The Balaban J connectivity index is 2.36. The third-order valence-electron chi connectivity index (χ3n) is 2.71. The molecule has 17 heavy (non-hydrogen) atoms. The topological polar surface area (TPSA) is 20.2 Å². The van der Waals surface area contributed by atoms with Crippen LogP contribution in [0.5, 0.6) is 0 Å². The van der Waals surface area contributed by atoms with Gasteiger partial charge in [0.2, 0.25) is 0 Å². The third-order valence-corrected chi connectivity index (χ3v) is 3.46. The van der Waals surface area contributed by atoms with Crippen LogP contribution in [-0.4, -0.2) is 5.11 Å². The number of benzene rings is 2. The monoisotopic (exact) mass is 310 g/mol. The van der Waals surface area contributed by atoms with Crippen molar-refractivity contribution in [3.8, 4) is 0 Å². The molecule has 2 aromatic rings. The lowest BCUT2D eigenvalue weighted by Gasteiger charge is -2.14. The number of aryl methyl sites for hydroxylation is 1. The van der Waals surface area contributed by atoms with E-state index in [0.717, 1.165) is 21.2 Å². The zero-order valence-electron chi connectivity index (χ0n) is 9.32. The molecule has 0 amide bonds. The van der Waals surface area contributed by atoms with Crippen molar-refractivity contribution in [3.63, 3.8) is 0 Å². The Morgan fingerprint density at radius 2 is 1.76 bits per heavy atom. The van der Waals surface area contributed by atoms with Gasteiger partial charge in [-0.1, -0.05) is 45.7 Å². The highest BCUT2D eigenvalue weighted by molar-refractivity contribution is 9.10. The molecular weight excluding hydrogens is 300 g/mol. The highest BCUT2D eigenvalue weighted by atomic mass is 79.9. The predicted molar refractivity (Wildman–Crippen MR) is 74.4 cm³/mol. The molecule has 1 atom stereocenters. The van der Waals surface area contributed by atoms with Gasteiger partial charge in [0.05, 0.1) is 0 Å². The Morgan fingerprint density at radius 1 is 1.12 bits per heavy atom. The zero-order chi connectivity index (χ0) is 12.4.